The van der Waals surface area contributed by atoms with Crippen LogP contribution in [0.15, 0.2) is 60.8 Å². The predicted octanol–water partition coefficient (Wildman–Crippen LogP) is 4.70. The fourth-order valence-corrected chi connectivity index (χ4v) is 3.08. The van der Waals surface area contributed by atoms with Gasteiger partial charge in [-0.25, -0.2) is 8.78 Å². The molecule has 0 fully saturated rings. The number of methoxy groups -OCH3 is 1. The SMILES string of the molecule is COc1cc(N(CCc2ccc(C(F)(F)F)cn2)C(=O)[C@@H](O)c2ccc(F)cc2)ccc1F. The molecule has 1 heterocycles. The molecule has 0 aliphatic carbocycles. The Hall–Kier alpha value is -3.53. The lowest BCUT2D eigenvalue weighted by atomic mass is 10.1. The molecule has 0 radical (unpaired) electrons. The standard InChI is InChI=1S/C23H19F5N2O3/c1-33-20-12-18(8-9-19(20)25)30(22(32)21(31)14-2-5-16(24)6-3-14)11-10-17-7-4-15(13-29-17)23(26,27)28/h2-9,12-13,21,31H,10-11H2,1H3/t21-/m0/s1. The van der Waals surface area contributed by atoms with Crippen LogP contribution in [0.2, 0.25) is 0 Å². The topological polar surface area (TPSA) is 62.7 Å². The summed E-state index contributed by atoms with van der Waals surface area (Å²) in [7, 11) is 1.24. The number of aliphatic hydroxyl groups excluding tert-OH is 1. The molecule has 0 saturated heterocycles. The number of halogens is 5. The second-order valence-electron chi connectivity index (χ2n) is 7.05. The Morgan fingerprint density at radius 3 is 2.36 bits per heavy atom. The van der Waals surface area contributed by atoms with Gasteiger partial charge in [-0.15, -0.1) is 0 Å². The van der Waals surface area contributed by atoms with Gasteiger partial charge in [-0.2, -0.15) is 13.2 Å². The maximum absolute atomic E-state index is 13.9. The predicted molar refractivity (Wildman–Crippen MR) is 110 cm³/mol. The molecule has 1 amide bonds. The summed E-state index contributed by atoms with van der Waals surface area (Å²) in [5.41, 5.74) is -0.320. The zero-order valence-corrected chi connectivity index (χ0v) is 17.3. The molecule has 1 N–H and O–H groups in total. The van der Waals surface area contributed by atoms with Gasteiger partial charge in [-0.1, -0.05) is 12.1 Å². The van der Waals surface area contributed by atoms with Crippen LogP contribution in [0.25, 0.3) is 0 Å². The average molecular weight is 466 g/mol. The lowest BCUT2D eigenvalue weighted by Crippen LogP contribution is -2.37. The van der Waals surface area contributed by atoms with Crippen molar-refractivity contribution < 1.29 is 36.6 Å². The molecule has 5 nitrogen and oxygen atoms in total. The number of alkyl halides is 3. The van der Waals surface area contributed by atoms with E-state index >= 15 is 0 Å². The minimum absolute atomic E-state index is 0.0414. The van der Waals surface area contributed by atoms with Crippen molar-refractivity contribution in [2.75, 3.05) is 18.6 Å². The smallest absolute Gasteiger partial charge is 0.417 e. The molecule has 0 spiro atoms. The van der Waals surface area contributed by atoms with Crippen molar-refractivity contribution in [3.63, 3.8) is 0 Å². The summed E-state index contributed by atoms with van der Waals surface area (Å²) < 4.78 is 70.3. The number of rotatable bonds is 7. The molecule has 10 heteroatoms. The summed E-state index contributed by atoms with van der Waals surface area (Å²) >= 11 is 0. The van der Waals surface area contributed by atoms with Gasteiger partial charge in [0.05, 0.1) is 12.7 Å². The first kappa shape index (κ1) is 24.1. The lowest BCUT2D eigenvalue weighted by Gasteiger charge is -2.26. The Morgan fingerprint density at radius 1 is 1.09 bits per heavy atom. The highest BCUT2D eigenvalue weighted by atomic mass is 19.4. The highest BCUT2D eigenvalue weighted by molar-refractivity contribution is 5.97. The Kier molecular flexibility index (Phi) is 7.27. The number of amides is 1. The van der Waals surface area contributed by atoms with E-state index in [4.69, 9.17) is 4.74 Å². The van der Waals surface area contributed by atoms with E-state index in [0.29, 0.717) is 6.20 Å². The van der Waals surface area contributed by atoms with E-state index < -0.39 is 35.4 Å². The lowest BCUT2D eigenvalue weighted by molar-refractivity contribution is -0.137. The first-order valence-electron chi connectivity index (χ1n) is 9.70. The zero-order chi connectivity index (χ0) is 24.2. The third kappa shape index (κ3) is 5.83. The van der Waals surface area contributed by atoms with Crippen molar-refractivity contribution in [2.24, 2.45) is 0 Å². The van der Waals surface area contributed by atoms with Crippen molar-refractivity contribution >= 4 is 11.6 Å². The van der Waals surface area contributed by atoms with Crippen LogP contribution >= 0.6 is 0 Å². The first-order valence-corrected chi connectivity index (χ1v) is 9.70. The molecule has 1 aromatic heterocycles. The number of carbonyl (C=O) groups is 1. The molecule has 1 atom stereocenters. The van der Waals surface area contributed by atoms with E-state index in [1.807, 2.05) is 0 Å². The average Bonchev–Trinajstić information content (AvgIpc) is 2.79. The number of pyridine rings is 1. The fourth-order valence-electron chi connectivity index (χ4n) is 3.08. The number of anilines is 1. The summed E-state index contributed by atoms with van der Waals surface area (Å²) in [6.45, 7) is -0.0930. The van der Waals surface area contributed by atoms with Crippen molar-refractivity contribution in [3.8, 4) is 5.75 Å². The number of hydrogen-bond donors (Lipinski definition) is 1. The van der Waals surface area contributed by atoms with Crippen LogP contribution in [-0.4, -0.2) is 29.7 Å². The number of aromatic nitrogens is 1. The highest BCUT2D eigenvalue weighted by Gasteiger charge is 2.31. The quantitative estimate of drug-likeness (QED) is 0.513. The van der Waals surface area contributed by atoms with E-state index in [2.05, 4.69) is 4.98 Å². The monoisotopic (exact) mass is 466 g/mol. The van der Waals surface area contributed by atoms with Crippen LogP contribution in [0.3, 0.4) is 0 Å². The molecule has 0 bridgehead atoms. The minimum Gasteiger partial charge on any atom is -0.494 e. The van der Waals surface area contributed by atoms with E-state index in [0.717, 1.165) is 29.2 Å². The van der Waals surface area contributed by atoms with E-state index in [9.17, 15) is 31.9 Å². The second-order valence-corrected chi connectivity index (χ2v) is 7.05. The van der Waals surface area contributed by atoms with E-state index in [1.54, 1.807) is 0 Å². The molecule has 3 rings (SSSR count). The molecular formula is C23H19F5N2O3. The van der Waals surface area contributed by atoms with Crippen molar-refractivity contribution in [1.29, 1.82) is 0 Å². The van der Waals surface area contributed by atoms with E-state index in [-0.39, 0.29) is 35.7 Å². The normalized spacial score (nSPS) is 12.3. The van der Waals surface area contributed by atoms with Crippen molar-refractivity contribution in [2.45, 2.75) is 18.7 Å². The van der Waals surface area contributed by atoms with E-state index in [1.165, 1.54) is 37.4 Å². The Labute approximate surface area is 186 Å². The summed E-state index contributed by atoms with van der Waals surface area (Å²) in [6.07, 6.45) is -5.46. The van der Waals surface area contributed by atoms with Gasteiger partial charge in [0.1, 0.15) is 5.82 Å². The molecule has 0 unspecified atom stereocenters. The van der Waals surface area contributed by atoms with Crippen LogP contribution in [0, 0.1) is 11.6 Å². The third-order valence-electron chi connectivity index (χ3n) is 4.88. The van der Waals surface area contributed by atoms with Gasteiger partial charge in [0.25, 0.3) is 5.91 Å². The minimum atomic E-state index is -4.53. The molecule has 33 heavy (non-hydrogen) atoms. The zero-order valence-electron chi connectivity index (χ0n) is 17.3. The van der Waals surface area contributed by atoms with Crippen LogP contribution in [0.4, 0.5) is 27.6 Å². The Bertz CT molecular complexity index is 1100. The summed E-state index contributed by atoms with van der Waals surface area (Å²) in [5.74, 6) is -2.17. The van der Waals surface area contributed by atoms with Gasteiger partial charge in [0.15, 0.2) is 17.7 Å². The number of hydrogen-bond acceptors (Lipinski definition) is 4. The molecular weight excluding hydrogens is 447 g/mol. The molecule has 2 aromatic carbocycles. The van der Waals surface area contributed by atoms with Crippen molar-refractivity contribution in [3.05, 3.63) is 89.2 Å². The summed E-state index contributed by atoms with van der Waals surface area (Å²) in [6, 6.07) is 10.4. The summed E-state index contributed by atoms with van der Waals surface area (Å²) in [5, 5.41) is 10.6. The van der Waals surface area contributed by atoms with Gasteiger partial charge in [-0.05, 0) is 42.0 Å². The van der Waals surface area contributed by atoms with Crippen LogP contribution in [0.5, 0.6) is 5.75 Å². The molecule has 0 saturated carbocycles. The molecule has 3 aromatic rings. The van der Waals surface area contributed by atoms with Gasteiger partial charge in [0.2, 0.25) is 0 Å². The third-order valence-corrected chi connectivity index (χ3v) is 4.88. The first-order chi connectivity index (χ1) is 15.6. The maximum atomic E-state index is 13.9. The van der Waals surface area contributed by atoms with Gasteiger partial charge in [-0.3, -0.25) is 9.78 Å². The van der Waals surface area contributed by atoms with Crippen LogP contribution < -0.4 is 9.64 Å². The Morgan fingerprint density at radius 2 is 1.79 bits per heavy atom. The number of ether oxygens (including phenoxy) is 1. The maximum Gasteiger partial charge on any atom is 0.417 e. The number of benzene rings is 2. The van der Waals surface area contributed by atoms with Crippen LogP contribution in [0.1, 0.15) is 22.9 Å². The fraction of sp³-hybridized carbons (Fsp3) is 0.217. The molecule has 0 aliphatic heterocycles. The number of carbonyl (C=O) groups excluding carboxylic acids is 1. The molecule has 0 aliphatic rings. The molecule has 174 valence electrons. The van der Waals surface area contributed by atoms with Gasteiger partial charge >= 0.3 is 6.18 Å². The van der Waals surface area contributed by atoms with Gasteiger partial charge < -0.3 is 14.7 Å². The van der Waals surface area contributed by atoms with Crippen molar-refractivity contribution in [1.82, 2.24) is 4.98 Å². The largest absolute Gasteiger partial charge is 0.494 e. The highest BCUT2D eigenvalue weighted by Crippen LogP contribution is 2.29. The van der Waals surface area contributed by atoms with Gasteiger partial charge in [0, 0.05) is 36.6 Å². The summed E-state index contributed by atoms with van der Waals surface area (Å²) in [4.78, 5) is 18.0. The Balaban J connectivity index is 1.88. The van der Waals surface area contributed by atoms with Crippen LogP contribution in [-0.2, 0) is 17.4 Å². The second kappa shape index (κ2) is 9.95. The number of nitrogens with zero attached hydrogens (tertiary/aromatic N) is 2. The number of aliphatic hydroxyl groups is 1.